The van der Waals surface area contributed by atoms with Crippen molar-refractivity contribution in [3.8, 4) is 5.75 Å². The molecular weight excluding hydrogens is 256 g/mol. The van der Waals surface area contributed by atoms with Crippen molar-refractivity contribution in [3.63, 3.8) is 0 Å². The van der Waals surface area contributed by atoms with E-state index in [1.165, 1.54) is 0 Å². The minimum Gasteiger partial charge on any atom is -0.486 e. The molecule has 0 saturated heterocycles. The molecule has 15 heavy (non-hydrogen) atoms. The maximum Gasteiger partial charge on any atom is 0.170 e. The second kappa shape index (κ2) is 3.34. The van der Waals surface area contributed by atoms with Gasteiger partial charge in [-0.1, -0.05) is 15.9 Å². The smallest absolute Gasteiger partial charge is 0.170 e. The zero-order chi connectivity index (χ0) is 11.2. The Bertz CT molecular complexity index is 435. The molecule has 0 atom stereocenters. The first-order valence-electron chi connectivity index (χ1n) is 4.92. The van der Waals surface area contributed by atoms with E-state index < -0.39 is 5.60 Å². The highest BCUT2D eigenvalue weighted by Crippen LogP contribution is 2.38. The first-order chi connectivity index (χ1) is 6.91. The van der Waals surface area contributed by atoms with E-state index >= 15 is 0 Å². The molecule has 0 fully saturated rings. The molecule has 1 aromatic carbocycles. The number of ether oxygens (including phenoxy) is 1. The predicted octanol–water partition coefficient (Wildman–Crippen LogP) is 3.50. The molecule has 0 bridgehead atoms. The number of Topliss-reactive ketones (excluding diaryl/α,β-unsaturated/α-hetero) is 1. The topological polar surface area (TPSA) is 26.3 Å². The van der Waals surface area contributed by atoms with E-state index in [1.807, 2.05) is 32.9 Å². The van der Waals surface area contributed by atoms with Crippen LogP contribution in [0, 0.1) is 6.92 Å². The molecule has 2 nitrogen and oxygen atoms in total. The lowest BCUT2D eigenvalue weighted by Gasteiger charge is -2.32. The summed E-state index contributed by atoms with van der Waals surface area (Å²) in [6, 6.07) is 3.72. The highest BCUT2D eigenvalue weighted by atomic mass is 79.9. The van der Waals surface area contributed by atoms with Crippen molar-refractivity contribution in [2.45, 2.75) is 32.8 Å². The monoisotopic (exact) mass is 268 g/mol. The molecular formula is C12H13BrO2. The molecule has 1 aliphatic rings. The van der Waals surface area contributed by atoms with Gasteiger partial charge in [0.15, 0.2) is 5.78 Å². The van der Waals surface area contributed by atoms with Crippen LogP contribution in [0.5, 0.6) is 5.75 Å². The number of carbonyl (C=O) groups excluding carboxylic acids is 1. The normalized spacial score (nSPS) is 18.3. The van der Waals surface area contributed by atoms with Crippen molar-refractivity contribution < 1.29 is 9.53 Å². The van der Waals surface area contributed by atoms with Gasteiger partial charge >= 0.3 is 0 Å². The van der Waals surface area contributed by atoms with Crippen LogP contribution in [0.2, 0.25) is 0 Å². The third kappa shape index (κ3) is 1.81. The molecule has 0 N–H and O–H groups in total. The minimum atomic E-state index is -0.393. The van der Waals surface area contributed by atoms with E-state index in [0.717, 1.165) is 15.8 Å². The van der Waals surface area contributed by atoms with Gasteiger partial charge in [-0.3, -0.25) is 4.79 Å². The SMILES string of the molecule is Cc1c(Br)ccc2c1OC(C)(C)CC2=O. The summed E-state index contributed by atoms with van der Waals surface area (Å²) in [6.07, 6.45) is 0.446. The fourth-order valence-electron chi connectivity index (χ4n) is 1.81. The molecule has 0 amide bonds. The van der Waals surface area contributed by atoms with E-state index in [2.05, 4.69) is 15.9 Å². The summed E-state index contributed by atoms with van der Waals surface area (Å²) in [6.45, 7) is 5.83. The van der Waals surface area contributed by atoms with Crippen molar-refractivity contribution >= 4 is 21.7 Å². The highest BCUT2D eigenvalue weighted by Gasteiger charge is 2.33. The lowest BCUT2D eigenvalue weighted by molar-refractivity contribution is 0.0615. The van der Waals surface area contributed by atoms with E-state index in [0.29, 0.717) is 12.0 Å². The Morgan fingerprint density at radius 2 is 2.07 bits per heavy atom. The molecule has 0 aliphatic carbocycles. The van der Waals surface area contributed by atoms with Gasteiger partial charge in [-0.2, -0.15) is 0 Å². The number of benzene rings is 1. The van der Waals surface area contributed by atoms with E-state index in [9.17, 15) is 4.79 Å². The van der Waals surface area contributed by atoms with Crippen molar-refractivity contribution in [1.29, 1.82) is 0 Å². The Hall–Kier alpha value is -0.830. The van der Waals surface area contributed by atoms with Gasteiger partial charge in [0.05, 0.1) is 12.0 Å². The number of carbonyl (C=O) groups is 1. The van der Waals surface area contributed by atoms with Gasteiger partial charge in [-0.25, -0.2) is 0 Å². The van der Waals surface area contributed by atoms with Gasteiger partial charge < -0.3 is 4.74 Å². The molecule has 0 unspecified atom stereocenters. The number of hydrogen-bond acceptors (Lipinski definition) is 2. The molecule has 1 aromatic rings. The molecule has 0 saturated carbocycles. The summed E-state index contributed by atoms with van der Waals surface area (Å²) >= 11 is 3.44. The quantitative estimate of drug-likeness (QED) is 0.720. The van der Waals surface area contributed by atoms with Gasteiger partial charge in [0, 0.05) is 10.0 Å². The molecule has 1 aliphatic heterocycles. The fraction of sp³-hybridized carbons (Fsp3) is 0.417. The summed E-state index contributed by atoms with van der Waals surface area (Å²) in [5.74, 6) is 0.891. The first kappa shape index (κ1) is 10.7. The first-order valence-corrected chi connectivity index (χ1v) is 5.71. The van der Waals surface area contributed by atoms with Crippen LogP contribution in [-0.4, -0.2) is 11.4 Å². The largest absolute Gasteiger partial charge is 0.486 e. The predicted molar refractivity (Wildman–Crippen MR) is 62.5 cm³/mol. The van der Waals surface area contributed by atoms with Crippen LogP contribution in [0.15, 0.2) is 16.6 Å². The minimum absolute atomic E-state index is 0.164. The van der Waals surface area contributed by atoms with Gasteiger partial charge in [-0.15, -0.1) is 0 Å². The Kier molecular flexibility index (Phi) is 2.38. The lowest BCUT2D eigenvalue weighted by atomic mass is 9.92. The van der Waals surface area contributed by atoms with Gasteiger partial charge in [0.1, 0.15) is 11.4 Å². The summed E-state index contributed by atoms with van der Waals surface area (Å²) in [4.78, 5) is 11.9. The maximum atomic E-state index is 11.9. The van der Waals surface area contributed by atoms with Crippen LogP contribution in [0.3, 0.4) is 0 Å². The molecule has 1 heterocycles. The van der Waals surface area contributed by atoms with Crippen molar-refractivity contribution in [2.75, 3.05) is 0 Å². The Balaban J connectivity index is 2.61. The number of rotatable bonds is 0. The molecule has 80 valence electrons. The zero-order valence-electron chi connectivity index (χ0n) is 9.06. The molecule has 0 spiro atoms. The van der Waals surface area contributed by atoms with E-state index in [1.54, 1.807) is 0 Å². The number of fused-ring (bicyclic) bond motifs is 1. The Labute approximate surface area is 97.8 Å². The second-order valence-corrected chi connectivity index (χ2v) is 5.37. The second-order valence-electron chi connectivity index (χ2n) is 4.51. The van der Waals surface area contributed by atoms with Crippen molar-refractivity contribution in [1.82, 2.24) is 0 Å². The molecule has 0 radical (unpaired) electrons. The van der Waals surface area contributed by atoms with Gasteiger partial charge in [-0.05, 0) is 32.9 Å². The third-order valence-corrected chi connectivity index (χ3v) is 3.46. The zero-order valence-corrected chi connectivity index (χ0v) is 10.6. The average molecular weight is 269 g/mol. The third-order valence-electron chi connectivity index (χ3n) is 2.60. The summed E-state index contributed by atoms with van der Waals surface area (Å²) in [5.41, 5.74) is 1.30. The van der Waals surface area contributed by atoms with Crippen LogP contribution < -0.4 is 4.74 Å². The summed E-state index contributed by atoms with van der Waals surface area (Å²) in [5, 5.41) is 0. The number of ketones is 1. The van der Waals surface area contributed by atoms with Crippen LogP contribution in [0.1, 0.15) is 36.2 Å². The van der Waals surface area contributed by atoms with E-state index in [4.69, 9.17) is 4.74 Å². The number of hydrogen-bond donors (Lipinski definition) is 0. The summed E-state index contributed by atoms with van der Waals surface area (Å²) < 4.78 is 6.83. The van der Waals surface area contributed by atoms with Crippen LogP contribution in [-0.2, 0) is 0 Å². The van der Waals surface area contributed by atoms with Gasteiger partial charge in [0.2, 0.25) is 0 Å². The Morgan fingerprint density at radius 3 is 2.73 bits per heavy atom. The lowest BCUT2D eigenvalue weighted by Crippen LogP contribution is -2.36. The molecule has 3 heteroatoms. The number of halogens is 1. The molecule has 0 aromatic heterocycles. The molecule has 2 rings (SSSR count). The van der Waals surface area contributed by atoms with Crippen LogP contribution in [0.25, 0.3) is 0 Å². The maximum absolute atomic E-state index is 11.9. The van der Waals surface area contributed by atoms with Crippen LogP contribution in [0.4, 0.5) is 0 Å². The summed E-state index contributed by atoms with van der Waals surface area (Å²) in [7, 11) is 0. The fourth-order valence-corrected chi connectivity index (χ4v) is 2.13. The van der Waals surface area contributed by atoms with Gasteiger partial charge in [0.25, 0.3) is 0 Å². The highest BCUT2D eigenvalue weighted by molar-refractivity contribution is 9.10. The van der Waals surface area contributed by atoms with Crippen LogP contribution >= 0.6 is 15.9 Å². The van der Waals surface area contributed by atoms with Crippen molar-refractivity contribution in [2.24, 2.45) is 0 Å². The van der Waals surface area contributed by atoms with Crippen molar-refractivity contribution in [3.05, 3.63) is 27.7 Å². The Morgan fingerprint density at radius 1 is 1.40 bits per heavy atom. The average Bonchev–Trinajstić information content (AvgIpc) is 2.10. The standard InChI is InChI=1S/C12H13BrO2/c1-7-9(13)5-4-8-10(14)6-12(2,3)15-11(7)8/h4-5H,6H2,1-3H3. The van der Waals surface area contributed by atoms with E-state index in [-0.39, 0.29) is 5.78 Å².